The van der Waals surface area contributed by atoms with Gasteiger partial charge in [-0.15, -0.1) is 0 Å². The molecule has 0 fully saturated rings. The predicted octanol–water partition coefficient (Wildman–Crippen LogP) is 2.51. The van der Waals surface area contributed by atoms with E-state index in [1.54, 1.807) is 0 Å². The van der Waals surface area contributed by atoms with Crippen molar-refractivity contribution in [1.29, 1.82) is 0 Å². The van der Waals surface area contributed by atoms with E-state index < -0.39 is 0 Å². The zero-order chi connectivity index (χ0) is 6.62. The van der Waals surface area contributed by atoms with Crippen molar-refractivity contribution >= 4 is 15.0 Å². The first-order valence-electron chi connectivity index (χ1n) is 2.81. The van der Waals surface area contributed by atoms with Gasteiger partial charge in [-0.1, -0.05) is 0 Å². The standard InChI is InChI=1S/C7H14Se/c1-5-6-8-7(2,3)4/h5H,1,6H2,2-4H3. The fraction of sp³-hybridized carbons (Fsp3) is 0.714. The maximum atomic E-state index is 3.68. The maximum absolute atomic E-state index is 3.68. The zero-order valence-corrected chi connectivity index (χ0v) is 7.61. The van der Waals surface area contributed by atoms with Gasteiger partial charge in [-0.3, -0.25) is 0 Å². The van der Waals surface area contributed by atoms with Crippen LogP contribution in [0.4, 0.5) is 0 Å². The molecule has 0 aromatic heterocycles. The van der Waals surface area contributed by atoms with Crippen molar-refractivity contribution in [3.8, 4) is 0 Å². The number of allylic oxidation sites excluding steroid dienone is 1. The van der Waals surface area contributed by atoms with Crippen LogP contribution in [0.5, 0.6) is 0 Å². The van der Waals surface area contributed by atoms with Crippen LogP contribution in [-0.2, 0) is 0 Å². The van der Waals surface area contributed by atoms with Crippen molar-refractivity contribution in [2.24, 2.45) is 0 Å². The van der Waals surface area contributed by atoms with Crippen LogP contribution in [-0.4, -0.2) is 15.0 Å². The third kappa shape index (κ3) is 6.26. The molecule has 0 aliphatic rings. The minimum atomic E-state index is 0.543. The van der Waals surface area contributed by atoms with Gasteiger partial charge in [0.25, 0.3) is 0 Å². The van der Waals surface area contributed by atoms with Crippen molar-refractivity contribution in [2.45, 2.75) is 30.4 Å². The van der Waals surface area contributed by atoms with Crippen LogP contribution < -0.4 is 0 Å². The molecule has 0 saturated carbocycles. The van der Waals surface area contributed by atoms with Crippen LogP contribution in [0.3, 0.4) is 0 Å². The molecule has 0 amide bonds. The number of rotatable bonds is 2. The Morgan fingerprint density at radius 1 is 1.50 bits per heavy atom. The molecule has 0 heterocycles. The van der Waals surface area contributed by atoms with E-state index in [9.17, 15) is 0 Å². The molecule has 0 N–H and O–H groups in total. The minimum absolute atomic E-state index is 0.543. The number of hydrogen-bond donors (Lipinski definition) is 0. The quantitative estimate of drug-likeness (QED) is 0.449. The van der Waals surface area contributed by atoms with Gasteiger partial charge in [0.2, 0.25) is 0 Å². The van der Waals surface area contributed by atoms with Gasteiger partial charge in [0.15, 0.2) is 0 Å². The van der Waals surface area contributed by atoms with Crippen LogP contribution in [0.1, 0.15) is 20.8 Å². The van der Waals surface area contributed by atoms with Gasteiger partial charge in [0.1, 0.15) is 0 Å². The molecule has 0 unspecified atom stereocenters. The normalized spacial score (nSPS) is 11.4. The van der Waals surface area contributed by atoms with Gasteiger partial charge in [-0.05, 0) is 0 Å². The molecular weight excluding hydrogens is 163 g/mol. The van der Waals surface area contributed by atoms with E-state index in [0.717, 1.165) is 15.0 Å². The third-order valence-electron chi connectivity index (χ3n) is 0.634. The first kappa shape index (κ1) is 8.26. The van der Waals surface area contributed by atoms with E-state index in [1.807, 2.05) is 6.08 Å². The topological polar surface area (TPSA) is 0 Å². The Bertz CT molecular complexity index is 68.9. The molecule has 0 bridgehead atoms. The Balaban J connectivity index is 3.24. The van der Waals surface area contributed by atoms with Crippen molar-refractivity contribution in [3.63, 3.8) is 0 Å². The monoisotopic (exact) mass is 178 g/mol. The second-order valence-electron chi connectivity index (χ2n) is 2.71. The SMILES string of the molecule is C=CC[Se]C(C)(C)C. The van der Waals surface area contributed by atoms with Gasteiger partial charge < -0.3 is 0 Å². The molecule has 0 spiro atoms. The Labute approximate surface area is 58.5 Å². The fourth-order valence-electron chi connectivity index (χ4n) is 0.309. The fourth-order valence-corrected chi connectivity index (χ4v) is 1.61. The van der Waals surface area contributed by atoms with Crippen molar-refractivity contribution in [3.05, 3.63) is 12.7 Å². The van der Waals surface area contributed by atoms with E-state index in [-0.39, 0.29) is 0 Å². The molecule has 0 aromatic rings. The molecule has 0 aromatic carbocycles. The molecule has 0 atom stereocenters. The van der Waals surface area contributed by atoms with Crippen molar-refractivity contribution in [2.75, 3.05) is 0 Å². The van der Waals surface area contributed by atoms with Crippen LogP contribution >= 0.6 is 0 Å². The predicted molar refractivity (Wildman–Crippen MR) is 40.5 cm³/mol. The van der Waals surface area contributed by atoms with Gasteiger partial charge in [-0.2, -0.15) is 0 Å². The zero-order valence-electron chi connectivity index (χ0n) is 5.90. The van der Waals surface area contributed by atoms with E-state index in [0.29, 0.717) is 4.31 Å². The Kier molecular flexibility index (Phi) is 3.43. The summed E-state index contributed by atoms with van der Waals surface area (Å²) in [7, 11) is 0. The first-order chi connectivity index (χ1) is 3.56. The molecular formula is C7H14Se. The van der Waals surface area contributed by atoms with E-state index in [2.05, 4.69) is 27.4 Å². The molecule has 8 heavy (non-hydrogen) atoms. The van der Waals surface area contributed by atoms with Gasteiger partial charge >= 0.3 is 58.0 Å². The molecule has 0 aliphatic carbocycles. The summed E-state index contributed by atoms with van der Waals surface area (Å²) in [6.45, 7) is 10.5. The summed E-state index contributed by atoms with van der Waals surface area (Å²) in [5.74, 6) is 0. The Morgan fingerprint density at radius 3 is 2.12 bits per heavy atom. The van der Waals surface area contributed by atoms with E-state index in [1.165, 1.54) is 5.32 Å². The Hall–Kier alpha value is 0.259. The molecule has 0 rings (SSSR count). The first-order valence-corrected chi connectivity index (χ1v) is 4.88. The second-order valence-corrected chi connectivity index (χ2v) is 6.59. The van der Waals surface area contributed by atoms with Crippen LogP contribution in [0.25, 0.3) is 0 Å². The summed E-state index contributed by atoms with van der Waals surface area (Å²) >= 11 is 0.745. The average molecular weight is 177 g/mol. The van der Waals surface area contributed by atoms with Crippen LogP contribution in [0, 0.1) is 0 Å². The summed E-state index contributed by atoms with van der Waals surface area (Å²) in [6.07, 6.45) is 2.01. The summed E-state index contributed by atoms with van der Waals surface area (Å²) in [6, 6.07) is 0. The van der Waals surface area contributed by atoms with E-state index >= 15 is 0 Å². The Morgan fingerprint density at radius 2 is 2.00 bits per heavy atom. The third-order valence-corrected chi connectivity index (χ3v) is 3.30. The molecule has 0 saturated heterocycles. The van der Waals surface area contributed by atoms with Crippen LogP contribution in [0.15, 0.2) is 12.7 Å². The summed E-state index contributed by atoms with van der Waals surface area (Å²) in [4.78, 5) is 0. The molecule has 0 radical (unpaired) electrons. The molecule has 0 aliphatic heterocycles. The summed E-state index contributed by atoms with van der Waals surface area (Å²) in [5, 5.41) is 1.20. The average Bonchev–Trinajstić information content (AvgIpc) is 1.59. The van der Waals surface area contributed by atoms with Gasteiger partial charge in [0, 0.05) is 0 Å². The van der Waals surface area contributed by atoms with Gasteiger partial charge in [-0.25, -0.2) is 0 Å². The van der Waals surface area contributed by atoms with Crippen LogP contribution in [0.2, 0.25) is 9.63 Å². The number of hydrogen-bond acceptors (Lipinski definition) is 0. The summed E-state index contributed by atoms with van der Waals surface area (Å²) in [5.41, 5.74) is 0. The summed E-state index contributed by atoms with van der Waals surface area (Å²) < 4.78 is 0.543. The van der Waals surface area contributed by atoms with Crippen molar-refractivity contribution < 1.29 is 0 Å². The molecule has 48 valence electrons. The molecule has 1 heteroatoms. The van der Waals surface area contributed by atoms with Crippen molar-refractivity contribution in [1.82, 2.24) is 0 Å². The molecule has 0 nitrogen and oxygen atoms in total. The van der Waals surface area contributed by atoms with E-state index in [4.69, 9.17) is 0 Å². The second kappa shape index (κ2) is 3.32. The van der Waals surface area contributed by atoms with Gasteiger partial charge in [0.05, 0.1) is 0 Å².